The first kappa shape index (κ1) is 8.96. The number of rotatable bonds is 2. The molecule has 0 saturated carbocycles. The third-order valence-corrected chi connectivity index (χ3v) is 2.30. The first-order valence-electron chi connectivity index (χ1n) is 4.48. The molecule has 0 aliphatic carbocycles. The molecule has 0 bridgehead atoms. The van der Waals surface area contributed by atoms with Gasteiger partial charge in [-0.05, 0) is 14.0 Å². The van der Waals surface area contributed by atoms with E-state index in [9.17, 15) is 0 Å². The lowest BCUT2D eigenvalue weighted by molar-refractivity contribution is 0.655. The summed E-state index contributed by atoms with van der Waals surface area (Å²) in [6.45, 7) is 2.06. The van der Waals surface area contributed by atoms with E-state index in [0.717, 1.165) is 11.2 Å². The van der Waals surface area contributed by atoms with Crippen LogP contribution in [-0.2, 0) is 0 Å². The predicted molar refractivity (Wildman–Crippen MR) is 54.9 cm³/mol. The van der Waals surface area contributed by atoms with Crippen LogP contribution < -0.4 is 11.1 Å². The van der Waals surface area contributed by atoms with Crippen LogP contribution in [0.5, 0.6) is 0 Å². The van der Waals surface area contributed by atoms with E-state index >= 15 is 0 Å². The summed E-state index contributed by atoms with van der Waals surface area (Å²) in [6, 6.07) is 0.239. The number of aromatic nitrogens is 3. The van der Waals surface area contributed by atoms with Crippen molar-refractivity contribution in [3.05, 3.63) is 24.2 Å². The quantitative estimate of drug-likeness (QED) is 0.729. The molecule has 5 heteroatoms. The second-order valence-corrected chi connectivity index (χ2v) is 3.27. The molecule has 0 saturated heterocycles. The molecule has 1 unspecified atom stereocenters. The zero-order chi connectivity index (χ0) is 10.1. The molecule has 0 radical (unpaired) electrons. The van der Waals surface area contributed by atoms with Crippen LogP contribution in [-0.4, -0.2) is 21.6 Å². The zero-order valence-corrected chi connectivity index (χ0v) is 8.23. The molecule has 5 nitrogen and oxygen atoms in total. The van der Waals surface area contributed by atoms with Crippen molar-refractivity contribution in [2.45, 2.75) is 13.0 Å². The lowest BCUT2D eigenvalue weighted by atomic mass is 10.2. The highest BCUT2D eigenvalue weighted by Gasteiger charge is 2.10. The second kappa shape index (κ2) is 3.26. The molecule has 14 heavy (non-hydrogen) atoms. The number of nitrogen functional groups attached to an aromatic ring is 1. The maximum Gasteiger partial charge on any atom is 0.159 e. The van der Waals surface area contributed by atoms with Crippen molar-refractivity contribution >= 4 is 11.3 Å². The van der Waals surface area contributed by atoms with Gasteiger partial charge in [0, 0.05) is 11.6 Å². The average molecular weight is 191 g/mol. The first-order chi connectivity index (χ1) is 6.72. The third kappa shape index (κ3) is 1.31. The Bertz CT molecular complexity index is 447. The monoisotopic (exact) mass is 191 g/mol. The normalized spacial score (nSPS) is 13.3. The van der Waals surface area contributed by atoms with Gasteiger partial charge in [0.2, 0.25) is 0 Å². The van der Waals surface area contributed by atoms with Crippen LogP contribution in [0.1, 0.15) is 18.5 Å². The summed E-state index contributed by atoms with van der Waals surface area (Å²) in [4.78, 5) is 4.25. The van der Waals surface area contributed by atoms with E-state index in [-0.39, 0.29) is 6.04 Å². The molecule has 2 aromatic heterocycles. The lowest BCUT2D eigenvalue weighted by Crippen LogP contribution is -2.12. The largest absolute Gasteiger partial charge is 0.396 e. The maximum absolute atomic E-state index is 5.60. The molecule has 0 aliphatic heterocycles. The molecule has 1 atom stereocenters. The van der Waals surface area contributed by atoms with Crippen LogP contribution in [0.4, 0.5) is 5.69 Å². The van der Waals surface area contributed by atoms with Gasteiger partial charge in [-0.3, -0.25) is 0 Å². The molecule has 2 rings (SSSR count). The molecule has 74 valence electrons. The van der Waals surface area contributed by atoms with E-state index in [1.165, 1.54) is 0 Å². The Morgan fingerprint density at radius 1 is 1.50 bits per heavy atom. The van der Waals surface area contributed by atoms with Gasteiger partial charge in [-0.1, -0.05) is 0 Å². The number of hydrogen-bond acceptors (Lipinski definition) is 4. The molecular weight excluding hydrogens is 178 g/mol. The summed E-state index contributed by atoms with van der Waals surface area (Å²) in [5.74, 6) is 0. The van der Waals surface area contributed by atoms with Crippen molar-refractivity contribution in [1.29, 1.82) is 0 Å². The summed E-state index contributed by atoms with van der Waals surface area (Å²) < 4.78 is 1.69. The minimum Gasteiger partial charge on any atom is -0.396 e. The van der Waals surface area contributed by atoms with Crippen LogP contribution in [0, 0.1) is 0 Å². The Balaban J connectivity index is 2.58. The molecular formula is C9H13N5. The van der Waals surface area contributed by atoms with Gasteiger partial charge >= 0.3 is 0 Å². The van der Waals surface area contributed by atoms with E-state index in [1.807, 2.05) is 13.2 Å². The van der Waals surface area contributed by atoms with Crippen LogP contribution in [0.3, 0.4) is 0 Å². The van der Waals surface area contributed by atoms with Gasteiger partial charge in [0.15, 0.2) is 5.65 Å². The highest BCUT2D eigenvalue weighted by Crippen LogP contribution is 2.16. The predicted octanol–water partition coefficient (Wildman–Crippen LogP) is 0.592. The summed E-state index contributed by atoms with van der Waals surface area (Å²) in [5, 5.41) is 7.33. The zero-order valence-electron chi connectivity index (χ0n) is 8.23. The Kier molecular flexibility index (Phi) is 2.09. The van der Waals surface area contributed by atoms with Crippen molar-refractivity contribution in [3.63, 3.8) is 0 Å². The van der Waals surface area contributed by atoms with E-state index in [0.29, 0.717) is 5.69 Å². The van der Waals surface area contributed by atoms with Gasteiger partial charge in [-0.2, -0.15) is 5.10 Å². The Labute approximate surface area is 81.9 Å². The van der Waals surface area contributed by atoms with Gasteiger partial charge < -0.3 is 11.1 Å². The summed E-state index contributed by atoms with van der Waals surface area (Å²) in [7, 11) is 1.91. The molecule has 0 spiro atoms. The van der Waals surface area contributed by atoms with Crippen molar-refractivity contribution < 1.29 is 0 Å². The molecule has 2 aromatic rings. The van der Waals surface area contributed by atoms with Gasteiger partial charge in [-0.25, -0.2) is 9.50 Å². The van der Waals surface area contributed by atoms with Crippen LogP contribution in [0.25, 0.3) is 5.65 Å². The van der Waals surface area contributed by atoms with Crippen molar-refractivity contribution in [3.8, 4) is 0 Å². The first-order valence-corrected chi connectivity index (χ1v) is 4.48. The molecule has 3 N–H and O–H groups in total. The summed E-state index contributed by atoms with van der Waals surface area (Å²) >= 11 is 0. The van der Waals surface area contributed by atoms with Crippen LogP contribution in [0.2, 0.25) is 0 Å². The van der Waals surface area contributed by atoms with Crippen molar-refractivity contribution in [2.75, 3.05) is 12.8 Å². The minimum absolute atomic E-state index is 0.239. The molecule has 0 aromatic carbocycles. The number of fused-ring (bicyclic) bond motifs is 1. The fraction of sp³-hybridized carbons (Fsp3) is 0.333. The molecule has 0 amide bonds. The number of nitrogens with zero attached hydrogens (tertiary/aromatic N) is 3. The number of nitrogens with one attached hydrogen (secondary N) is 1. The summed E-state index contributed by atoms with van der Waals surface area (Å²) in [5.41, 5.74) is 8.14. The third-order valence-electron chi connectivity index (χ3n) is 2.30. The molecule has 2 heterocycles. The van der Waals surface area contributed by atoms with Gasteiger partial charge in [0.1, 0.15) is 0 Å². The minimum atomic E-state index is 0.239. The number of nitrogens with two attached hydrogens (primary N) is 1. The van der Waals surface area contributed by atoms with E-state index in [1.54, 1.807) is 16.9 Å². The highest BCUT2D eigenvalue weighted by molar-refractivity contribution is 5.50. The van der Waals surface area contributed by atoms with E-state index in [4.69, 9.17) is 5.73 Å². The van der Waals surface area contributed by atoms with Crippen molar-refractivity contribution in [1.82, 2.24) is 19.9 Å². The topological polar surface area (TPSA) is 68.2 Å². The smallest absolute Gasteiger partial charge is 0.159 e. The second-order valence-electron chi connectivity index (χ2n) is 3.27. The fourth-order valence-electron chi connectivity index (χ4n) is 1.37. The van der Waals surface area contributed by atoms with Crippen LogP contribution >= 0.6 is 0 Å². The van der Waals surface area contributed by atoms with Gasteiger partial charge in [-0.15, -0.1) is 0 Å². The van der Waals surface area contributed by atoms with Crippen LogP contribution in [0.15, 0.2) is 18.6 Å². The Morgan fingerprint density at radius 2 is 2.29 bits per heavy atom. The molecule has 0 aliphatic rings. The number of anilines is 1. The van der Waals surface area contributed by atoms with E-state index < -0.39 is 0 Å². The van der Waals surface area contributed by atoms with E-state index in [2.05, 4.69) is 22.3 Å². The maximum atomic E-state index is 5.60. The SMILES string of the molecule is CNC(C)c1cnn2cc(N)cnc12. The fourth-order valence-corrected chi connectivity index (χ4v) is 1.37. The van der Waals surface area contributed by atoms with Crippen molar-refractivity contribution in [2.24, 2.45) is 0 Å². The standard InChI is InChI=1S/C9H13N5/c1-6(11-2)8-4-13-14-5-7(10)3-12-9(8)14/h3-6,11H,10H2,1-2H3. The highest BCUT2D eigenvalue weighted by atomic mass is 15.2. The summed E-state index contributed by atoms with van der Waals surface area (Å²) in [6.07, 6.45) is 5.21. The lowest BCUT2D eigenvalue weighted by Gasteiger charge is -2.06. The van der Waals surface area contributed by atoms with Gasteiger partial charge in [0.05, 0.1) is 24.3 Å². The van der Waals surface area contributed by atoms with Gasteiger partial charge in [0.25, 0.3) is 0 Å². The Morgan fingerprint density at radius 3 is 3.00 bits per heavy atom. The number of hydrogen-bond donors (Lipinski definition) is 2. The average Bonchev–Trinajstić information content (AvgIpc) is 2.59. The Hall–Kier alpha value is -1.62. The molecule has 0 fully saturated rings.